The monoisotopic (exact) mass is 276 g/mol. The number of ether oxygens (including phenoxy) is 2. The number of benzene rings is 2. The van der Waals surface area contributed by atoms with Crippen LogP contribution < -0.4 is 4.74 Å². The van der Waals surface area contributed by atoms with Gasteiger partial charge in [-0.15, -0.1) is 11.6 Å². The van der Waals surface area contributed by atoms with Gasteiger partial charge in [0.25, 0.3) is 0 Å². The van der Waals surface area contributed by atoms with Crippen molar-refractivity contribution < 1.29 is 14.3 Å². The van der Waals surface area contributed by atoms with E-state index >= 15 is 0 Å². The van der Waals surface area contributed by atoms with Gasteiger partial charge in [0, 0.05) is 5.88 Å². The first-order valence-electron chi connectivity index (χ1n) is 5.74. The lowest BCUT2D eigenvalue weighted by molar-refractivity contribution is 0.0600. The third-order valence-corrected chi connectivity index (χ3v) is 2.89. The van der Waals surface area contributed by atoms with E-state index in [-0.39, 0.29) is 5.88 Å². The molecule has 0 aliphatic rings. The highest BCUT2D eigenvalue weighted by atomic mass is 35.5. The average Bonchev–Trinajstić information content (AvgIpc) is 2.47. The summed E-state index contributed by atoms with van der Waals surface area (Å²) in [6, 6.07) is 14.5. The van der Waals surface area contributed by atoms with Crippen LogP contribution in [-0.4, -0.2) is 13.1 Å². The van der Waals surface area contributed by atoms with E-state index in [2.05, 4.69) is 0 Å². The number of carbonyl (C=O) groups is 1. The van der Waals surface area contributed by atoms with Crippen molar-refractivity contribution in [3.05, 3.63) is 59.7 Å². The number of alkyl halides is 1. The van der Waals surface area contributed by atoms with Crippen LogP contribution in [0.2, 0.25) is 0 Å². The molecular formula is C15H13ClO3. The summed E-state index contributed by atoms with van der Waals surface area (Å²) in [6.45, 7) is 0. The Balaban J connectivity index is 2.27. The molecule has 0 fully saturated rings. The van der Waals surface area contributed by atoms with Crippen molar-refractivity contribution >= 4 is 17.6 Å². The Morgan fingerprint density at radius 1 is 1.11 bits per heavy atom. The number of hydrogen-bond acceptors (Lipinski definition) is 3. The Hall–Kier alpha value is -2.00. The highest BCUT2D eigenvalue weighted by Gasteiger charge is 2.12. The molecular weight excluding hydrogens is 264 g/mol. The van der Waals surface area contributed by atoms with Crippen LogP contribution >= 0.6 is 11.6 Å². The van der Waals surface area contributed by atoms with Crippen molar-refractivity contribution in [1.29, 1.82) is 0 Å². The molecule has 0 amide bonds. The summed E-state index contributed by atoms with van der Waals surface area (Å²) in [5.74, 6) is 1.18. The molecule has 98 valence electrons. The molecule has 0 saturated heterocycles. The lowest BCUT2D eigenvalue weighted by Crippen LogP contribution is -2.04. The molecule has 2 aromatic rings. The fraction of sp³-hybridized carbons (Fsp3) is 0.133. The molecule has 2 rings (SSSR count). The van der Waals surface area contributed by atoms with Gasteiger partial charge in [-0.25, -0.2) is 4.79 Å². The minimum atomic E-state index is -0.401. The first kappa shape index (κ1) is 13.4. The van der Waals surface area contributed by atoms with E-state index in [0.29, 0.717) is 16.9 Å². The summed E-state index contributed by atoms with van der Waals surface area (Å²) in [5.41, 5.74) is 1.14. The molecule has 3 nitrogen and oxygen atoms in total. The first-order chi connectivity index (χ1) is 9.24. The van der Waals surface area contributed by atoms with Gasteiger partial charge in [-0.2, -0.15) is 0 Å². The minimum Gasteiger partial charge on any atom is -0.465 e. The Kier molecular flexibility index (Phi) is 4.42. The Morgan fingerprint density at radius 2 is 1.84 bits per heavy atom. The number of hydrogen-bond donors (Lipinski definition) is 0. The predicted octanol–water partition coefficient (Wildman–Crippen LogP) is 4.00. The number of rotatable bonds is 4. The summed E-state index contributed by atoms with van der Waals surface area (Å²) < 4.78 is 10.4. The molecule has 0 saturated carbocycles. The Bertz CT molecular complexity index is 567. The Morgan fingerprint density at radius 3 is 2.47 bits per heavy atom. The fourth-order valence-electron chi connectivity index (χ4n) is 1.68. The topological polar surface area (TPSA) is 35.5 Å². The van der Waals surface area contributed by atoms with Crippen molar-refractivity contribution in [3.63, 3.8) is 0 Å². The number of methoxy groups -OCH3 is 1. The van der Waals surface area contributed by atoms with Crippen LogP contribution in [0.1, 0.15) is 15.9 Å². The fourth-order valence-corrected chi connectivity index (χ4v) is 1.90. The number of halogens is 1. The van der Waals surface area contributed by atoms with Gasteiger partial charge in [-0.1, -0.05) is 18.2 Å². The summed E-state index contributed by atoms with van der Waals surface area (Å²) >= 11 is 5.84. The number of para-hydroxylation sites is 1. The summed E-state index contributed by atoms with van der Waals surface area (Å²) in [5, 5.41) is 0. The molecule has 0 bridgehead atoms. The van der Waals surface area contributed by atoms with Crippen molar-refractivity contribution in [2.45, 2.75) is 5.88 Å². The summed E-state index contributed by atoms with van der Waals surface area (Å²) in [6.07, 6.45) is 0. The van der Waals surface area contributed by atoms with E-state index < -0.39 is 5.97 Å². The van der Waals surface area contributed by atoms with Gasteiger partial charge in [-0.3, -0.25) is 0 Å². The van der Waals surface area contributed by atoms with Gasteiger partial charge >= 0.3 is 5.97 Å². The van der Waals surface area contributed by atoms with Crippen LogP contribution in [0.25, 0.3) is 0 Å². The van der Waals surface area contributed by atoms with Crippen molar-refractivity contribution in [1.82, 2.24) is 0 Å². The standard InChI is InChI=1S/C15H13ClO3/c1-18-15(17)14-8-7-13(9-11(14)10-16)19-12-5-3-2-4-6-12/h2-9H,10H2,1H3. The second-order valence-electron chi connectivity index (χ2n) is 3.86. The zero-order valence-corrected chi connectivity index (χ0v) is 11.2. The van der Waals surface area contributed by atoms with Crippen LogP contribution in [0.4, 0.5) is 0 Å². The molecule has 0 atom stereocenters. The molecule has 0 aliphatic carbocycles. The van der Waals surface area contributed by atoms with E-state index in [1.807, 2.05) is 30.3 Å². The van der Waals surface area contributed by atoms with Crippen molar-refractivity contribution in [2.24, 2.45) is 0 Å². The summed E-state index contributed by atoms with van der Waals surface area (Å²) in [7, 11) is 1.34. The maximum absolute atomic E-state index is 11.5. The number of carbonyl (C=O) groups excluding carboxylic acids is 1. The first-order valence-corrected chi connectivity index (χ1v) is 6.28. The van der Waals surface area contributed by atoms with E-state index in [9.17, 15) is 4.79 Å². The van der Waals surface area contributed by atoms with Crippen LogP contribution in [0.5, 0.6) is 11.5 Å². The maximum atomic E-state index is 11.5. The molecule has 0 aliphatic heterocycles. The lowest BCUT2D eigenvalue weighted by atomic mass is 10.1. The highest BCUT2D eigenvalue weighted by Crippen LogP contribution is 2.25. The second kappa shape index (κ2) is 6.25. The molecule has 4 heteroatoms. The van der Waals surface area contributed by atoms with Gasteiger partial charge in [0.2, 0.25) is 0 Å². The largest absolute Gasteiger partial charge is 0.465 e. The van der Waals surface area contributed by atoms with Crippen molar-refractivity contribution in [2.75, 3.05) is 7.11 Å². The lowest BCUT2D eigenvalue weighted by Gasteiger charge is -2.09. The van der Waals surface area contributed by atoms with Gasteiger partial charge in [0.05, 0.1) is 12.7 Å². The molecule has 0 heterocycles. The molecule has 0 radical (unpaired) electrons. The second-order valence-corrected chi connectivity index (χ2v) is 4.13. The highest BCUT2D eigenvalue weighted by molar-refractivity contribution is 6.17. The Labute approximate surface area is 116 Å². The predicted molar refractivity (Wildman–Crippen MR) is 73.9 cm³/mol. The van der Waals surface area contributed by atoms with E-state index in [0.717, 1.165) is 5.75 Å². The van der Waals surface area contributed by atoms with Gasteiger partial charge < -0.3 is 9.47 Å². The molecule has 2 aromatic carbocycles. The molecule has 0 spiro atoms. The maximum Gasteiger partial charge on any atom is 0.338 e. The molecule has 0 aromatic heterocycles. The normalized spacial score (nSPS) is 10.0. The smallest absolute Gasteiger partial charge is 0.338 e. The zero-order chi connectivity index (χ0) is 13.7. The molecule has 19 heavy (non-hydrogen) atoms. The number of esters is 1. The third kappa shape index (κ3) is 3.26. The van der Waals surface area contributed by atoms with Crippen LogP contribution in [0, 0.1) is 0 Å². The third-order valence-electron chi connectivity index (χ3n) is 2.60. The quantitative estimate of drug-likeness (QED) is 0.625. The van der Waals surface area contributed by atoms with Gasteiger partial charge in [0.1, 0.15) is 11.5 Å². The SMILES string of the molecule is COC(=O)c1ccc(Oc2ccccc2)cc1CCl. The van der Waals surface area contributed by atoms with Crippen molar-refractivity contribution in [3.8, 4) is 11.5 Å². The molecule has 0 unspecified atom stereocenters. The van der Waals surface area contributed by atoms with Crippen LogP contribution in [0.15, 0.2) is 48.5 Å². The van der Waals surface area contributed by atoms with E-state index in [1.54, 1.807) is 18.2 Å². The molecule has 0 N–H and O–H groups in total. The zero-order valence-electron chi connectivity index (χ0n) is 10.4. The van der Waals surface area contributed by atoms with Gasteiger partial charge in [-0.05, 0) is 35.9 Å². The summed E-state index contributed by atoms with van der Waals surface area (Å²) in [4.78, 5) is 11.5. The minimum absolute atomic E-state index is 0.219. The van der Waals surface area contributed by atoms with Gasteiger partial charge in [0.15, 0.2) is 0 Å². The van der Waals surface area contributed by atoms with E-state index in [4.69, 9.17) is 21.1 Å². The van der Waals surface area contributed by atoms with Crippen LogP contribution in [-0.2, 0) is 10.6 Å². The van der Waals surface area contributed by atoms with Crippen LogP contribution in [0.3, 0.4) is 0 Å². The van der Waals surface area contributed by atoms with E-state index in [1.165, 1.54) is 7.11 Å². The average molecular weight is 277 g/mol.